The van der Waals surface area contributed by atoms with Crippen molar-refractivity contribution in [1.82, 2.24) is 14.5 Å². The molecule has 0 aliphatic heterocycles. The molecule has 10 heteroatoms. The van der Waals surface area contributed by atoms with E-state index in [0.717, 1.165) is 38.4 Å². The highest BCUT2D eigenvalue weighted by atomic mass is 32.2. The van der Waals surface area contributed by atoms with Crippen LogP contribution in [0.5, 0.6) is 0 Å². The number of carbonyl (C=O) groups excluding carboxylic acids is 1. The molecular weight excluding hydrogens is 625 g/mol. The van der Waals surface area contributed by atoms with Gasteiger partial charge in [-0.15, -0.1) is 0 Å². The molecule has 2 amide bonds. The molecule has 4 aromatic carbocycles. The number of aryl methyl sites for hydroxylation is 2. The number of rotatable bonds is 9. The molecular formula is C38H42N4O5S. The van der Waals surface area contributed by atoms with Crippen LogP contribution in [0.4, 0.5) is 10.5 Å². The predicted molar refractivity (Wildman–Crippen MR) is 190 cm³/mol. The van der Waals surface area contributed by atoms with Crippen LogP contribution in [0.15, 0.2) is 95.9 Å². The second-order valence-corrected chi connectivity index (χ2v) is 15.4. The number of amides is 2. The second kappa shape index (κ2) is 13.3. The Morgan fingerprint density at radius 1 is 0.875 bits per heavy atom. The third-order valence-electron chi connectivity index (χ3n) is 8.57. The normalized spacial score (nSPS) is 13.2. The standard InChI is InChI=1S/C38H42N4O5S/c1-8-48(46,47)31-20-16-28(17-21-31)34(42(37(44)45)38(5,6)7)36(43)39-30-18-14-29(15-19-30)35-40-32-22-11-25(3)23-33(32)41(35)26(4)27-12-9-24(2)10-13-27/h9-23,26,34H,8H2,1-7H3,(H,39,43)(H,44,45)/t26-,34?/m0/s1. The molecule has 0 aliphatic carbocycles. The van der Waals surface area contributed by atoms with E-state index in [-0.39, 0.29) is 16.7 Å². The van der Waals surface area contributed by atoms with Crippen LogP contribution >= 0.6 is 0 Å². The maximum Gasteiger partial charge on any atom is 0.408 e. The first kappa shape index (κ1) is 34.4. The number of nitrogens with zero attached hydrogens (tertiary/aromatic N) is 3. The molecule has 250 valence electrons. The van der Waals surface area contributed by atoms with E-state index in [1.54, 1.807) is 39.8 Å². The third-order valence-corrected chi connectivity index (χ3v) is 10.3. The molecule has 2 N–H and O–H groups in total. The Morgan fingerprint density at radius 3 is 2.02 bits per heavy atom. The number of nitrogens with one attached hydrogen (secondary N) is 1. The number of benzene rings is 4. The van der Waals surface area contributed by atoms with Gasteiger partial charge in [-0.25, -0.2) is 18.2 Å². The summed E-state index contributed by atoms with van der Waals surface area (Å²) in [5.41, 5.74) is 6.10. The number of hydrogen-bond donors (Lipinski definition) is 2. The van der Waals surface area contributed by atoms with Crippen molar-refractivity contribution in [2.45, 2.75) is 71.0 Å². The Kier molecular flexibility index (Phi) is 9.51. The summed E-state index contributed by atoms with van der Waals surface area (Å²) in [7, 11) is -3.48. The zero-order valence-electron chi connectivity index (χ0n) is 28.4. The van der Waals surface area contributed by atoms with E-state index in [2.05, 4.69) is 61.0 Å². The van der Waals surface area contributed by atoms with Crippen molar-refractivity contribution >= 4 is 38.6 Å². The Hall–Kier alpha value is -4.96. The number of anilines is 1. The van der Waals surface area contributed by atoms with Crippen LogP contribution in [0, 0.1) is 13.8 Å². The average Bonchev–Trinajstić information content (AvgIpc) is 3.41. The van der Waals surface area contributed by atoms with Gasteiger partial charge in [-0.05, 0) is 107 Å². The molecule has 5 aromatic rings. The van der Waals surface area contributed by atoms with Gasteiger partial charge < -0.3 is 15.0 Å². The van der Waals surface area contributed by atoms with Gasteiger partial charge in [-0.2, -0.15) is 0 Å². The molecule has 1 unspecified atom stereocenters. The number of aromatic nitrogens is 2. The monoisotopic (exact) mass is 666 g/mol. The first-order valence-corrected chi connectivity index (χ1v) is 17.6. The molecule has 0 saturated carbocycles. The lowest BCUT2D eigenvalue weighted by molar-refractivity contribution is -0.122. The largest absolute Gasteiger partial charge is 0.465 e. The molecule has 0 aliphatic rings. The number of sulfone groups is 1. The van der Waals surface area contributed by atoms with Gasteiger partial charge in [0, 0.05) is 16.8 Å². The van der Waals surface area contributed by atoms with Gasteiger partial charge in [0.05, 0.1) is 27.7 Å². The van der Waals surface area contributed by atoms with E-state index in [4.69, 9.17) is 4.98 Å². The Balaban J connectivity index is 1.50. The number of carboxylic acid groups (broad SMARTS) is 1. The van der Waals surface area contributed by atoms with Crippen LogP contribution in [-0.2, 0) is 14.6 Å². The van der Waals surface area contributed by atoms with Crippen molar-refractivity contribution in [3.63, 3.8) is 0 Å². The highest BCUT2D eigenvalue weighted by Gasteiger charge is 2.39. The first-order valence-electron chi connectivity index (χ1n) is 15.9. The fraction of sp³-hybridized carbons (Fsp3) is 0.289. The smallest absolute Gasteiger partial charge is 0.408 e. The lowest BCUT2D eigenvalue weighted by atomic mass is 9.97. The van der Waals surface area contributed by atoms with Crippen LogP contribution in [0.2, 0.25) is 0 Å². The fourth-order valence-corrected chi connectivity index (χ4v) is 6.82. The highest BCUT2D eigenvalue weighted by molar-refractivity contribution is 7.91. The number of carbonyl (C=O) groups is 2. The van der Waals surface area contributed by atoms with E-state index in [1.165, 1.54) is 29.8 Å². The van der Waals surface area contributed by atoms with Gasteiger partial charge in [0.15, 0.2) is 9.84 Å². The van der Waals surface area contributed by atoms with Gasteiger partial charge in [-0.3, -0.25) is 9.69 Å². The van der Waals surface area contributed by atoms with Crippen LogP contribution in [0.25, 0.3) is 22.4 Å². The Bertz CT molecular complexity index is 2060. The van der Waals surface area contributed by atoms with Crippen molar-refractivity contribution in [2.75, 3.05) is 11.1 Å². The Labute approximate surface area is 282 Å². The minimum absolute atomic E-state index is 0.00867. The van der Waals surface area contributed by atoms with Gasteiger partial charge in [0.25, 0.3) is 5.91 Å². The topological polar surface area (TPSA) is 122 Å². The molecule has 1 aromatic heterocycles. The van der Waals surface area contributed by atoms with Crippen LogP contribution in [0.1, 0.15) is 69.0 Å². The third kappa shape index (κ3) is 6.99. The minimum atomic E-state index is -3.48. The summed E-state index contributed by atoms with van der Waals surface area (Å²) in [6.07, 6.45) is -1.28. The first-order chi connectivity index (χ1) is 22.6. The van der Waals surface area contributed by atoms with Gasteiger partial charge in [-0.1, -0.05) is 55.0 Å². The summed E-state index contributed by atoms with van der Waals surface area (Å²) in [6.45, 7) is 12.9. The molecule has 5 rings (SSSR count). The zero-order chi connectivity index (χ0) is 35.0. The van der Waals surface area contributed by atoms with Gasteiger partial charge >= 0.3 is 6.09 Å². The molecule has 0 spiro atoms. The van der Waals surface area contributed by atoms with Crippen LogP contribution in [-0.4, -0.2) is 51.3 Å². The van der Waals surface area contributed by atoms with Crippen molar-refractivity contribution in [3.8, 4) is 11.4 Å². The van der Waals surface area contributed by atoms with Gasteiger partial charge in [0.1, 0.15) is 11.9 Å². The summed E-state index contributed by atoms with van der Waals surface area (Å²) in [5.74, 6) is 0.143. The summed E-state index contributed by atoms with van der Waals surface area (Å²) < 4.78 is 27.0. The zero-order valence-corrected chi connectivity index (χ0v) is 29.2. The lowest BCUT2D eigenvalue weighted by Crippen LogP contribution is -2.50. The van der Waals surface area contributed by atoms with Crippen LogP contribution < -0.4 is 5.32 Å². The highest BCUT2D eigenvalue weighted by Crippen LogP contribution is 2.34. The maximum absolute atomic E-state index is 13.9. The molecule has 48 heavy (non-hydrogen) atoms. The molecule has 1 heterocycles. The maximum atomic E-state index is 13.9. The molecule has 0 radical (unpaired) electrons. The van der Waals surface area contributed by atoms with E-state index in [0.29, 0.717) is 11.3 Å². The molecule has 9 nitrogen and oxygen atoms in total. The lowest BCUT2D eigenvalue weighted by Gasteiger charge is -2.39. The quantitative estimate of drug-likeness (QED) is 0.164. The SMILES string of the molecule is CCS(=O)(=O)c1ccc(C(C(=O)Nc2ccc(-c3nc4ccc(C)cc4n3[C@@H](C)c3ccc(C)cc3)cc2)N(C(=O)O)C(C)(C)C)cc1. The average molecular weight is 667 g/mol. The van der Waals surface area contributed by atoms with Crippen molar-refractivity contribution in [2.24, 2.45) is 0 Å². The fourth-order valence-electron chi connectivity index (χ4n) is 5.93. The molecule has 0 saturated heterocycles. The Morgan fingerprint density at radius 2 is 1.46 bits per heavy atom. The van der Waals surface area contributed by atoms with E-state index in [9.17, 15) is 23.1 Å². The molecule has 0 bridgehead atoms. The number of hydrogen-bond acceptors (Lipinski definition) is 5. The molecule has 0 fully saturated rings. The van der Waals surface area contributed by atoms with Gasteiger partial charge in [0.2, 0.25) is 0 Å². The summed E-state index contributed by atoms with van der Waals surface area (Å²) in [6, 6.07) is 26.6. The predicted octanol–water partition coefficient (Wildman–Crippen LogP) is 8.18. The molecule has 2 atom stereocenters. The second-order valence-electron chi connectivity index (χ2n) is 13.1. The van der Waals surface area contributed by atoms with E-state index < -0.39 is 33.4 Å². The van der Waals surface area contributed by atoms with Crippen molar-refractivity contribution in [3.05, 3.63) is 113 Å². The summed E-state index contributed by atoms with van der Waals surface area (Å²) >= 11 is 0. The summed E-state index contributed by atoms with van der Waals surface area (Å²) in [4.78, 5) is 32.7. The summed E-state index contributed by atoms with van der Waals surface area (Å²) in [5, 5.41) is 13.1. The minimum Gasteiger partial charge on any atom is -0.465 e. The van der Waals surface area contributed by atoms with E-state index in [1.807, 2.05) is 24.3 Å². The number of imidazole rings is 1. The van der Waals surface area contributed by atoms with Crippen molar-refractivity contribution < 1.29 is 23.1 Å². The van der Waals surface area contributed by atoms with Crippen LogP contribution in [0.3, 0.4) is 0 Å². The van der Waals surface area contributed by atoms with Crippen molar-refractivity contribution in [1.29, 1.82) is 0 Å². The van der Waals surface area contributed by atoms with E-state index >= 15 is 0 Å². The number of fused-ring (bicyclic) bond motifs is 1.